The van der Waals surface area contributed by atoms with Crippen LogP contribution in [0.2, 0.25) is 0 Å². The average Bonchev–Trinajstić information content (AvgIpc) is 2.75. The van der Waals surface area contributed by atoms with Crippen molar-refractivity contribution < 1.29 is 23.1 Å². The number of alkyl carbamates (subject to hydrolysis) is 1. The number of hydrogen-bond donors (Lipinski definition) is 2. The predicted molar refractivity (Wildman–Crippen MR) is 126 cm³/mol. The lowest BCUT2D eigenvalue weighted by molar-refractivity contribution is 0.0884. The number of nitrogens with one attached hydrogen (secondary N) is 1. The van der Waals surface area contributed by atoms with Crippen molar-refractivity contribution in [3.63, 3.8) is 0 Å². The number of carbonyl (C=O) groups is 1. The molecule has 1 amide bonds. The molecule has 0 saturated carbocycles. The van der Waals surface area contributed by atoms with E-state index in [0.29, 0.717) is 25.3 Å². The lowest BCUT2D eigenvalue weighted by Gasteiger charge is -2.29. The molecule has 176 valence electrons. The van der Waals surface area contributed by atoms with Crippen LogP contribution in [0.15, 0.2) is 60.7 Å². The lowest BCUT2D eigenvalue weighted by Crippen LogP contribution is -2.50. The van der Waals surface area contributed by atoms with Crippen molar-refractivity contribution in [3.05, 3.63) is 71.8 Å². The van der Waals surface area contributed by atoms with Crippen LogP contribution < -0.4 is 5.32 Å². The summed E-state index contributed by atoms with van der Waals surface area (Å²) in [5.41, 5.74) is 1.76. The molecule has 2 N–H and O–H groups in total. The molecule has 0 fully saturated rings. The quantitative estimate of drug-likeness (QED) is 0.505. The molecule has 0 radical (unpaired) electrons. The van der Waals surface area contributed by atoms with E-state index < -0.39 is 28.3 Å². The summed E-state index contributed by atoms with van der Waals surface area (Å²) in [5, 5.41) is 13.7. The van der Waals surface area contributed by atoms with Crippen molar-refractivity contribution in [3.8, 4) is 0 Å². The molecule has 2 aromatic carbocycles. The minimum absolute atomic E-state index is 0.102. The van der Waals surface area contributed by atoms with Gasteiger partial charge in [0.2, 0.25) is 10.0 Å². The van der Waals surface area contributed by atoms with E-state index in [0.717, 1.165) is 17.4 Å². The van der Waals surface area contributed by atoms with Gasteiger partial charge in [-0.15, -0.1) is 0 Å². The van der Waals surface area contributed by atoms with Gasteiger partial charge in [-0.2, -0.15) is 4.31 Å². The first kappa shape index (κ1) is 25.8. The summed E-state index contributed by atoms with van der Waals surface area (Å²) in [6.45, 7) is 4.33. The summed E-state index contributed by atoms with van der Waals surface area (Å²) in [6, 6.07) is 18.0. The summed E-state index contributed by atoms with van der Waals surface area (Å²) >= 11 is 0. The van der Waals surface area contributed by atoms with Crippen molar-refractivity contribution in [2.45, 2.75) is 45.4 Å². The molecule has 0 unspecified atom stereocenters. The van der Waals surface area contributed by atoms with Crippen LogP contribution in [-0.2, 0) is 27.8 Å². The summed E-state index contributed by atoms with van der Waals surface area (Å²) in [6.07, 6.45) is 0.372. The molecule has 0 spiro atoms. The predicted octanol–water partition coefficient (Wildman–Crippen LogP) is 3.19. The van der Waals surface area contributed by atoms with Crippen molar-refractivity contribution in [2.75, 3.05) is 19.3 Å². The first-order chi connectivity index (χ1) is 15.1. The van der Waals surface area contributed by atoms with Crippen LogP contribution in [0.3, 0.4) is 0 Å². The summed E-state index contributed by atoms with van der Waals surface area (Å²) in [5.74, 6) is 0.322. The zero-order valence-electron chi connectivity index (χ0n) is 19.0. The molecule has 2 rings (SSSR count). The molecule has 0 heterocycles. The zero-order chi connectivity index (χ0) is 23.6. The SMILES string of the molecule is CC(C)CCN(C[C@@H](O)[C@H](Cc1ccccc1)NC(=O)OCc1ccccc1)S(C)(=O)=O. The number of carbonyl (C=O) groups excluding carboxylic acids is 1. The second-order valence-corrected chi connectivity index (χ2v) is 10.4. The van der Waals surface area contributed by atoms with Gasteiger partial charge in [0.25, 0.3) is 0 Å². The Morgan fingerprint density at radius 2 is 1.59 bits per heavy atom. The molecular formula is C24H34N2O5S. The van der Waals surface area contributed by atoms with Crippen LogP contribution in [0.1, 0.15) is 31.4 Å². The second kappa shape index (κ2) is 12.6. The number of aliphatic hydroxyl groups excluding tert-OH is 1. The largest absolute Gasteiger partial charge is 0.445 e. The first-order valence-electron chi connectivity index (χ1n) is 10.8. The van der Waals surface area contributed by atoms with Gasteiger partial charge in [-0.3, -0.25) is 0 Å². The van der Waals surface area contributed by atoms with Gasteiger partial charge in [0.1, 0.15) is 6.61 Å². The summed E-state index contributed by atoms with van der Waals surface area (Å²) < 4.78 is 31.1. The number of hydrogen-bond acceptors (Lipinski definition) is 5. The van der Waals surface area contributed by atoms with Gasteiger partial charge in [-0.25, -0.2) is 13.2 Å². The fourth-order valence-electron chi connectivity index (χ4n) is 3.20. The molecule has 32 heavy (non-hydrogen) atoms. The van der Waals surface area contributed by atoms with Crippen LogP contribution in [0.25, 0.3) is 0 Å². The molecule has 0 aliphatic carbocycles. The Hall–Kier alpha value is -2.42. The van der Waals surface area contributed by atoms with Gasteiger partial charge in [0.05, 0.1) is 18.4 Å². The van der Waals surface area contributed by atoms with Crippen LogP contribution >= 0.6 is 0 Å². The second-order valence-electron chi connectivity index (χ2n) is 8.37. The average molecular weight is 463 g/mol. The fourth-order valence-corrected chi connectivity index (χ4v) is 4.06. The number of aliphatic hydroxyl groups is 1. The highest BCUT2D eigenvalue weighted by Gasteiger charge is 2.28. The third-order valence-corrected chi connectivity index (χ3v) is 6.36. The molecule has 0 aliphatic heterocycles. The minimum atomic E-state index is -3.51. The number of sulfonamides is 1. The molecule has 0 saturated heterocycles. The Morgan fingerprint density at radius 1 is 1.03 bits per heavy atom. The van der Waals surface area contributed by atoms with Gasteiger partial charge >= 0.3 is 6.09 Å². The van der Waals surface area contributed by atoms with E-state index in [4.69, 9.17) is 4.74 Å². The van der Waals surface area contributed by atoms with Crippen LogP contribution in [0, 0.1) is 5.92 Å². The minimum Gasteiger partial charge on any atom is -0.445 e. The number of nitrogens with zero attached hydrogens (tertiary/aromatic N) is 1. The van der Waals surface area contributed by atoms with Gasteiger partial charge in [-0.1, -0.05) is 74.5 Å². The topological polar surface area (TPSA) is 95.9 Å². The standard InChI is InChI=1S/C24H34N2O5S/c1-19(2)14-15-26(32(3,29)30)17-23(27)22(16-20-10-6-4-7-11-20)25-24(28)31-18-21-12-8-5-9-13-21/h4-13,19,22-23,27H,14-18H2,1-3H3,(H,25,28)/t22-,23+/m0/s1. The maximum Gasteiger partial charge on any atom is 0.407 e. The van der Waals surface area contributed by atoms with Crippen LogP contribution in [-0.4, -0.2) is 55.4 Å². The van der Waals surface area contributed by atoms with Crippen molar-refractivity contribution in [1.82, 2.24) is 9.62 Å². The normalized spacial score (nSPS) is 13.7. The van der Waals surface area contributed by atoms with E-state index in [2.05, 4.69) is 5.32 Å². The van der Waals surface area contributed by atoms with Crippen LogP contribution in [0.5, 0.6) is 0 Å². The van der Waals surface area contributed by atoms with E-state index in [1.807, 2.05) is 74.5 Å². The monoisotopic (exact) mass is 462 g/mol. The number of benzene rings is 2. The van der Waals surface area contributed by atoms with Crippen LogP contribution in [0.4, 0.5) is 4.79 Å². The molecule has 0 aliphatic rings. The Bertz CT molecular complexity index is 920. The highest BCUT2D eigenvalue weighted by atomic mass is 32.2. The third-order valence-electron chi connectivity index (χ3n) is 5.09. The maximum absolute atomic E-state index is 12.4. The molecule has 0 bridgehead atoms. The highest BCUT2D eigenvalue weighted by molar-refractivity contribution is 7.88. The van der Waals surface area contributed by atoms with E-state index in [-0.39, 0.29) is 13.2 Å². The zero-order valence-corrected chi connectivity index (χ0v) is 19.8. The maximum atomic E-state index is 12.4. The molecular weight excluding hydrogens is 428 g/mol. The van der Waals surface area contributed by atoms with Gasteiger partial charge in [0.15, 0.2) is 0 Å². The highest BCUT2D eigenvalue weighted by Crippen LogP contribution is 2.12. The number of ether oxygens (including phenoxy) is 1. The summed E-state index contributed by atoms with van der Waals surface area (Å²) in [7, 11) is -3.51. The van der Waals surface area contributed by atoms with Crippen molar-refractivity contribution in [2.24, 2.45) is 5.92 Å². The Morgan fingerprint density at radius 3 is 2.12 bits per heavy atom. The Kier molecular flexibility index (Phi) is 10.2. The number of amides is 1. The van der Waals surface area contributed by atoms with Crippen molar-refractivity contribution in [1.29, 1.82) is 0 Å². The molecule has 7 nitrogen and oxygen atoms in total. The molecule has 2 atom stereocenters. The van der Waals surface area contributed by atoms with Gasteiger partial charge < -0.3 is 15.2 Å². The summed E-state index contributed by atoms with van der Waals surface area (Å²) in [4.78, 5) is 12.4. The van der Waals surface area contributed by atoms with E-state index in [9.17, 15) is 18.3 Å². The Labute approximate surface area is 191 Å². The first-order valence-corrected chi connectivity index (χ1v) is 12.6. The van der Waals surface area contributed by atoms with Crippen molar-refractivity contribution >= 4 is 16.1 Å². The molecule has 2 aromatic rings. The molecule has 0 aromatic heterocycles. The fraction of sp³-hybridized carbons (Fsp3) is 0.458. The van der Waals surface area contributed by atoms with E-state index in [1.165, 1.54) is 4.31 Å². The Balaban J connectivity index is 2.09. The van der Waals surface area contributed by atoms with Gasteiger partial charge in [-0.05, 0) is 29.9 Å². The molecule has 8 heteroatoms. The van der Waals surface area contributed by atoms with E-state index in [1.54, 1.807) is 0 Å². The smallest absolute Gasteiger partial charge is 0.407 e. The third kappa shape index (κ3) is 9.38. The van der Waals surface area contributed by atoms with E-state index >= 15 is 0 Å². The lowest BCUT2D eigenvalue weighted by atomic mass is 10.0. The van der Waals surface area contributed by atoms with Gasteiger partial charge in [0, 0.05) is 13.1 Å². The number of rotatable bonds is 12.